The van der Waals surface area contributed by atoms with Crippen molar-refractivity contribution in [2.75, 3.05) is 5.73 Å². The summed E-state index contributed by atoms with van der Waals surface area (Å²) in [6, 6.07) is 7.72. The van der Waals surface area contributed by atoms with Crippen molar-refractivity contribution in [1.29, 1.82) is 0 Å². The van der Waals surface area contributed by atoms with Crippen molar-refractivity contribution in [2.45, 2.75) is 58.2 Å². The van der Waals surface area contributed by atoms with E-state index in [-0.39, 0.29) is 18.3 Å². The molecule has 0 aromatic heterocycles. The summed E-state index contributed by atoms with van der Waals surface area (Å²) < 4.78 is 12.4. The number of benzene rings is 1. The van der Waals surface area contributed by atoms with Gasteiger partial charge in [0.15, 0.2) is 0 Å². The van der Waals surface area contributed by atoms with E-state index in [1.54, 1.807) is 0 Å². The van der Waals surface area contributed by atoms with E-state index in [4.69, 9.17) is 15.0 Å². The minimum Gasteiger partial charge on any atom is -0.399 e. The molecule has 0 radical (unpaired) electrons. The zero-order valence-electron chi connectivity index (χ0n) is 12.4. The largest absolute Gasteiger partial charge is 0.494 e. The smallest absolute Gasteiger partial charge is 0.399 e. The predicted molar refractivity (Wildman–Crippen MR) is 80.4 cm³/mol. The zero-order valence-corrected chi connectivity index (χ0v) is 12.4. The van der Waals surface area contributed by atoms with Gasteiger partial charge in [0.25, 0.3) is 0 Å². The van der Waals surface area contributed by atoms with Crippen LogP contribution in [0.1, 0.15) is 47.0 Å². The summed E-state index contributed by atoms with van der Waals surface area (Å²) >= 11 is 0. The van der Waals surface area contributed by atoms with E-state index in [1.807, 2.05) is 24.3 Å². The molecular weight excluding hydrogens is 237 g/mol. The lowest BCUT2D eigenvalue weighted by molar-refractivity contribution is -0.0169. The van der Waals surface area contributed by atoms with Crippen LogP contribution in [0, 0.1) is 0 Å². The zero-order chi connectivity index (χ0) is 14.1. The van der Waals surface area contributed by atoms with Crippen LogP contribution in [-0.2, 0) is 9.31 Å². The summed E-state index contributed by atoms with van der Waals surface area (Å²) in [6.07, 6.45) is 3.33. The number of hydrogen-bond acceptors (Lipinski definition) is 3. The topological polar surface area (TPSA) is 44.5 Å². The maximum Gasteiger partial charge on any atom is 0.494 e. The van der Waals surface area contributed by atoms with Crippen LogP contribution < -0.4 is 11.2 Å². The number of nitrogen functional groups attached to an aromatic ring is 1. The van der Waals surface area contributed by atoms with E-state index in [1.165, 1.54) is 6.42 Å². The summed E-state index contributed by atoms with van der Waals surface area (Å²) in [7, 11) is -0.294. The van der Waals surface area contributed by atoms with Gasteiger partial charge in [0.05, 0.1) is 11.2 Å². The Balaban J connectivity index is 2.17. The van der Waals surface area contributed by atoms with Crippen LogP contribution in [0.4, 0.5) is 5.69 Å². The molecule has 1 atom stereocenters. The summed E-state index contributed by atoms with van der Waals surface area (Å²) in [6.45, 7) is 8.57. The molecule has 0 aliphatic carbocycles. The Morgan fingerprint density at radius 3 is 2.32 bits per heavy atom. The maximum atomic E-state index is 6.23. The van der Waals surface area contributed by atoms with Crippen LogP contribution in [0.5, 0.6) is 0 Å². The molecular formula is C15H24BNO2. The Kier molecular flexibility index (Phi) is 3.93. The summed E-state index contributed by atoms with van der Waals surface area (Å²) in [5.74, 6) is 0. The summed E-state index contributed by atoms with van der Waals surface area (Å²) in [4.78, 5) is 0. The second-order valence-corrected chi connectivity index (χ2v) is 6.08. The predicted octanol–water partition coefficient (Wildman–Crippen LogP) is 2.74. The van der Waals surface area contributed by atoms with E-state index in [9.17, 15) is 0 Å². The molecule has 1 unspecified atom stereocenters. The molecule has 3 nitrogen and oxygen atoms in total. The van der Waals surface area contributed by atoms with Gasteiger partial charge in [0.1, 0.15) is 0 Å². The number of rotatable bonds is 4. The normalized spacial score (nSPS) is 25.8. The number of hydrogen-bond donors (Lipinski definition) is 1. The van der Waals surface area contributed by atoms with Gasteiger partial charge in [-0.25, -0.2) is 0 Å². The molecule has 1 fully saturated rings. The third-order valence-electron chi connectivity index (χ3n) is 4.26. The number of unbranched alkanes of at least 4 members (excludes halogenated alkanes) is 1. The van der Waals surface area contributed by atoms with Gasteiger partial charge in [-0.3, -0.25) is 0 Å². The van der Waals surface area contributed by atoms with Crippen molar-refractivity contribution in [3.8, 4) is 0 Å². The lowest BCUT2D eigenvalue weighted by atomic mass is 9.79. The second-order valence-electron chi connectivity index (χ2n) is 6.08. The monoisotopic (exact) mass is 261 g/mol. The molecule has 0 spiro atoms. The molecule has 1 aromatic rings. The second kappa shape index (κ2) is 5.18. The van der Waals surface area contributed by atoms with E-state index in [0.29, 0.717) is 0 Å². The molecule has 2 rings (SSSR count). The van der Waals surface area contributed by atoms with E-state index < -0.39 is 0 Å². The fraction of sp³-hybridized carbons (Fsp3) is 0.600. The van der Waals surface area contributed by atoms with Crippen LogP contribution in [0.15, 0.2) is 24.3 Å². The average Bonchev–Trinajstić information content (AvgIpc) is 2.59. The van der Waals surface area contributed by atoms with Gasteiger partial charge in [-0.15, -0.1) is 0 Å². The summed E-state index contributed by atoms with van der Waals surface area (Å²) in [5, 5.41) is 0. The highest BCUT2D eigenvalue weighted by Gasteiger charge is 2.53. The Bertz CT molecular complexity index is 432. The first kappa shape index (κ1) is 14.4. The number of anilines is 1. The lowest BCUT2D eigenvalue weighted by Crippen LogP contribution is -2.44. The number of nitrogens with two attached hydrogens (primary N) is 1. The molecule has 2 N–H and O–H groups in total. The van der Waals surface area contributed by atoms with Crippen molar-refractivity contribution >= 4 is 18.3 Å². The minimum absolute atomic E-state index is 0.241. The van der Waals surface area contributed by atoms with Crippen LogP contribution in [-0.4, -0.2) is 18.3 Å². The Morgan fingerprint density at radius 2 is 1.74 bits per heavy atom. The third kappa shape index (κ3) is 2.80. The van der Waals surface area contributed by atoms with Crippen LogP contribution >= 0.6 is 0 Å². The minimum atomic E-state index is -0.294. The van der Waals surface area contributed by atoms with Crippen LogP contribution in [0.3, 0.4) is 0 Å². The molecule has 19 heavy (non-hydrogen) atoms. The van der Waals surface area contributed by atoms with Crippen molar-refractivity contribution in [3.63, 3.8) is 0 Å². The maximum absolute atomic E-state index is 6.23. The van der Waals surface area contributed by atoms with Gasteiger partial charge in [0, 0.05) is 5.69 Å². The van der Waals surface area contributed by atoms with Crippen LogP contribution in [0.25, 0.3) is 0 Å². The summed E-state index contributed by atoms with van der Waals surface area (Å²) in [5.41, 5.74) is 6.98. The third-order valence-corrected chi connectivity index (χ3v) is 4.26. The highest BCUT2D eigenvalue weighted by Crippen LogP contribution is 2.40. The average molecular weight is 261 g/mol. The molecule has 1 aliphatic rings. The first-order chi connectivity index (χ1) is 8.88. The van der Waals surface area contributed by atoms with E-state index in [0.717, 1.165) is 24.0 Å². The first-order valence-corrected chi connectivity index (χ1v) is 7.09. The molecule has 0 saturated carbocycles. The van der Waals surface area contributed by atoms with Gasteiger partial charge in [0.2, 0.25) is 0 Å². The Morgan fingerprint density at radius 1 is 1.11 bits per heavy atom. The van der Waals surface area contributed by atoms with Crippen molar-refractivity contribution < 1.29 is 9.31 Å². The molecule has 1 aliphatic heterocycles. The standard InChI is InChI=1S/C15H24BNO2/c1-5-6-11-15(4)14(2,3)18-16(19-15)12-7-9-13(17)10-8-12/h7-10H,5-6,11,17H2,1-4H3. The lowest BCUT2D eigenvalue weighted by Gasteiger charge is -2.36. The Hall–Kier alpha value is -0.995. The van der Waals surface area contributed by atoms with Crippen molar-refractivity contribution in [2.24, 2.45) is 0 Å². The quantitative estimate of drug-likeness (QED) is 0.669. The molecule has 0 bridgehead atoms. The molecule has 4 heteroatoms. The molecule has 1 aromatic carbocycles. The SMILES string of the molecule is CCCCC1(C)OB(c2ccc(N)cc2)OC1(C)C. The Labute approximate surface area is 116 Å². The highest BCUT2D eigenvalue weighted by atomic mass is 16.7. The first-order valence-electron chi connectivity index (χ1n) is 7.09. The van der Waals surface area contributed by atoms with Crippen molar-refractivity contribution in [3.05, 3.63) is 24.3 Å². The van der Waals surface area contributed by atoms with E-state index >= 15 is 0 Å². The fourth-order valence-corrected chi connectivity index (χ4v) is 2.46. The highest BCUT2D eigenvalue weighted by molar-refractivity contribution is 6.62. The van der Waals surface area contributed by atoms with Crippen LogP contribution in [0.2, 0.25) is 0 Å². The van der Waals surface area contributed by atoms with Gasteiger partial charge in [-0.05, 0) is 44.8 Å². The fourth-order valence-electron chi connectivity index (χ4n) is 2.46. The van der Waals surface area contributed by atoms with Gasteiger partial charge in [-0.2, -0.15) is 0 Å². The van der Waals surface area contributed by atoms with Crippen molar-refractivity contribution in [1.82, 2.24) is 0 Å². The van der Waals surface area contributed by atoms with Gasteiger partial charge >= 0.3 is 7.12 Å². The molecule has 0 amide bonds. The molecule has 104 valence electrons. The molecule has 1 heterocycles. The molecule has 1 saturated heterocycles. The van der Waals surface area contributed by atoms with E-state index in [2.05, 4.69) is 27.7 Å². The van der Waals surface area contributed by atoms with Gasteiger partial charge < -0.3 is 15.0 Å². The van der Waals surface area contributed by atoms with Gasteiger partial charge in [-0.1, -0.05) is 31.9 Å².